The Morgan fingerprint density at radius 3 is 2.03 bits per heavy atom. The van der Waals surface area contributed by atoms with E-state index in [0.29, 0.717) is 11.2 Å². The molecule has 1 aromatic carbocycles. The quantitative estimate of drug-likeness (QED) is 0.500. The second-order valence-electron chi connectivity index (χ2n) is 11.9. The molecule has 1 saturated heterocycles. The number of hydrogen-bond acceptors (Lipinski definition) is 3. The molecule has 3 rings (SSSR count). The van der Waals surface area contributed by atoms with Gasteiger partial charge in [0.2, 0.25) is 11.8 Å². The van der Waals surface area contributed by atoms with Crippen LogP contribution in [0.4, 0.5) is 5.69 Å². The van der Waals surface area contributed by atoms with E-state index < -0.39 is 19.5 Å². The Balaban J connectivity index is 2.02. The summed E-state index contributed by atoms with van der Waals surface area (Å²) in [5.41, 5.74) is 0.224. The molecule has 1 aliphatic heterocycles. The molecule has 0 aromatic heterocycles. The minimum Gasteiger partial charge on any atom is -0.478 e. The number of carboxylic acids is 1. The van der Waals surface area contributed by atoms with Crippen LogP contribution in [-0.2, 0) is 9.59 Å². The minimum atomic E-state index is -1.59. The van der Waals surface area contributed by atoms with Crippen molar-refractivity contribution in [3.8, 4) is 0 Å². The summed E-state index contributed by atoms with van der Waals surface area (Å²) in [7, 11) is -1.59. The Morgan fingerprint density at radius 1 is 1.17 bits per heavy atom. The maximum absolute atomic E-state index is 13.7. The molecule has 3 atom stereocenters. The van der Waals surface area contributed by atoms with Crippen LogP contribution in [-0.4, -0.2) is 31.0 Å². The molecular formula is C24H35NO4Si. The van der Waals surface area contributed by atoms with Gasteiger partial charge in [0.05, 0.1) is 22.6 Å². The van der Waals surface area contributed by atoms with Gasteiger partial charge in [0.1, 0.15) is 0 Å². The third-order valence-corrected chi connectivity index (χ3v) is 10.6. The molecule has 2 aliphatic rings. The van der Waals surface area contributed by atoms with E-state index in [2.05, 4.69) is 54.3 Å². The van der Waals surface area contributed by atoms with Crippen molar-refractivity contribution in [1.82, 2.24) is 0 Å². The van der Waals surface area contributed by atoms with Crippen molar-refractivity contribution in [3.63, 3.8) is 0 Å². The molecule has 164 valence electrons. The highest BCUT2D eigenvalue weighted by molar-refractivity contribution is 6.77. The van der Waals surface area contributed by atoms with Crippen LogP contribution < -0.4 is 4.90 Å². The van der Waals surface area contributed by atoms with Crippen molar-refractivity contribution < 1.29 is 19.5 Å². The zero-order valence-electron chi connectivity index (χ0n) is 19.5. The molecule has 1 heterocycles. The van der Waals surface area contributed by atoms with Crippen LogP contribution in [0.1, 0.15) is 57.8 Å². The fourth-order valence-electron chi connectivity index (χ4n) is 5.97. The largest absolute Gasteiger partial charge is 0.478 e. The zero-order chi connectivity index (χ0) is 22.9. The molecule has 1 aromatic rings. The molecule has 2 amide bonds. The average Bonchev–Trinajstić information content (AvgIpc) is 3.09. The van der Waals surface area contributed by atoms with E-state index in [1.165, 1.54) is 17.0 Å². The minimum absolute atomic E-state index is 0.0601. The van der Waals surface area contributed by atoms with Gasteiger partial charge in [0.25, 0.3) is 0 Å². The second kappa shape index (κ2) is 6.77. The number of nitrogens with zero attached hydrogens (tertiary/aromatic N) is 1. The number of aromatic carboxylic acids is 1. The lowest BCUT2D eigenvalue weighted by molar-refractivity contribution is -0.123. The summed E-state index contributed by atoms with van der Waals surface area (Å²) in [6.45, 7) is 17.9. The first-order valence-electron chi connectivity index (χ1n) is 10.8. The van der Waals surface area contributed by atoms with Crippen molar-refractivity contribution >= 4 is 31.5 Å². The highest BCUT2D eigenvalue weighted by Crippen LogP contribution is 2.72. The number of rotatable bonds is 5. The van der Waals surface area contributed by atoms with Gasteiger partial charge in [-0.3, -0.25) is 9.59 Å². The van der Waals surface area contributed by atoms with Crippen molar-refractivity contribution in [3.05, 3.63) is 29.8 Å². The van der Waals surface area contributed by atoms with Gasteiger partial charge >= 0.3 is 5.97 Å². The van der Waals surface area contributed by atoms with Gasteiger partial charge in [-0.05, 0) is 53.5 Å². The van der Waals surface area contributed by atoms with Crippen LogP contribution in [0.15, 0.2) is 24.3 Å². The normalized spacial score (nSPS) is 26.9. The summed E-state index contributed by atoms with van der Waals surface area (Å²) in [5.74, 6) is -1.59. The SMILES string of the molecule is CC(C)(C)C(CC1C(=O)N(c2ccc(C(=O)O)cc2)C(=O)C12CC2(C)C)[Si](C)(C)C. The van der Waals surface area contributed by atoms with Gasteiger partial charge in [-0.15, -0.1) is 0 Å². The summed E-state index contributed by atoms with van der Waals surface area (Å²) in [5, 5.41) is 9.16. The molecule has 0 radical (unpaired) electrons. The maximum Gasteiger partial charge on any atom is 0.335 e. The van der Waals surface area contributed by atoms with E-state index in [9.17, 15) is 14.4 Å². The van der Waals surface area contributed by atoms with E-state index >= 15 is 0 Å². The van der Waals surface area contributed by atoms with Crippen LogP contribution in [0.2, 0.25) is 25.2 Å². The van der Waals surface area contributed by atoms with Crippen LogP contribution in [0.5, 0.6) is 0 Å². The Kier molecular flexibility index (Phi) is 5.13. The number of amides is 2. The van der Waals surface area contributed by atoms with Crippen molar-refractivity contribution in [2.75, 3.05) is 4.90 Å². The Bertz CT molecular complexity index is 877. The van der Waals surface area contributed by atoms with E-state index in [1.54, 1.807) is 12.1 Å². The predicted octanol–water partition coefficient (Wildman–Crippen LogP) is 5.44. The number of benzene rings is 1. The first kappa shape index (κ1) is 22.7. The lowest BCUT2D eigenvalue weighted by Gasteiger charge is -2.41. The van der Waals surface area contributed by atoms with E-state index in [4.69, 9.17) is 5.11 Å². The summed E-state index contributed by atoms with van der Waals surface area (Å²) >= 11 is 0. The van der Waals surface area contributed by atoms with Gasteiger partial charge in [-0.25, -0.2) is 9.69 Å². The third kappa shape index (κ3) is 3.43. The predicted molar refractivity (Wildman–Crippen MR) is 121 cm³/mol. The molecule has 5 nitrogen and oxygen atoms in total. The Hall–Kier alpha value is -1.95. The second-order valence-corrected chi connectivity index (χ2v) is 17.4. The summed E-state index contributed by atoms with van der Waals surface area (Å²) in [6, 6.07) is 6.06. The number of carbonyl (C=O) groups is 3. The van der Waals surface area contributed by atoms with Crippen LogP contribution in [0.3, 0.4) is 0 Å². The van der Waals surface area contributed by atoms with Gasteiger partial charge in [0, 0.05) is 8.07 Å². The lowest BCUT2D eigenvalue weighted by atomic mass is 9.77. The van der Waals surface area contributed by atoms with E-state index in [-0.39, 0.29) is 34.1 Å². The highest BCUT2D eigenvalue weighted by atomic mass is 28.3. The van der Waals surface area contributed by atoms with Gasteiger partial charge in [0.15, 0.2) is 0 Å². The number of imide groups is 1. The molecule has 2 fully saturated rings. The summed E-state index contributed by atoms with van der Waals surface area (Å²) in [4.78, 5) is 39.8. The first-order valence-corrected chi connectivity index (χ1v) is 14.3. The molecule has 3 unspecified atom stereocenters. The molecule has 1 spiro atoms. The molecule has 1 saturated carbocycles. The van der Waals surface area contributed by atoms with E-state index in [1.807, 2.05) is 0 Å². The standard InChI is InChI=1S/C24H35NO4Si/c1-22(2,3)18(30(6,7)8)13-17-19(26)25(21(29)24(17)14-23(24,4)5)16-11-9-15(10-12-16)20(27)28/h9-12,17-18H,13-14H2,1-8H3,(H,27,28). The Labute approximate surface area is 180 Å². The van der Waals surface area contributed by atoms with Crippen LogP contribution >= 0.6 is 0 Å². The lowest BCUT2D eigenvalue weighted by Crippen LogP contribution is -2.40. The monoisotopic (exact) mass is 429 g/mol. The average molecular weight is 430 g/mol. The highest BCUT2D eigenvalue weighted by Gasteiger charge is 2.77. The van der Waals surface area contributed by atoms with E-state index in [0.717, 1.165) is 12.8 Å². The third-order valence-electron chi connectivity index (χ3n) is 7.44. The molecular weight excluding hydrogens is 394 g/mol. The smallest absolute Gasteiger partial charge is 0.335 e. The van der Waals surface area contributed by atoms with Crippen LogP contribution in [0.25, 0.3) is 0 Å². The maximum atomic E-state index is 13.7. The van der Waals surface area contributed by atoms with Crippen molar-refractivity contribution in [2.24, 2.45) is 22.2 Å². The zero-order valence-corrected chi connectivity index (χ0v) is 20.5. The summed E-state index contributed by atoms with van der Waals surface area (Å²) in [6.07, 6.45) is 1.46. The van der Waals surface area contributed by atoms with Gasteiger partial charge in [-0.2, -0.15) is 0 Å². The topological polar surface area (TPSA) is 74.7 Å². The summed E-state index contributed by atoms with van der Waals surface area (Å²) < 4.78 is 0. The van der Waals surface area contributed by atoms with Crippen LogP contribution in [0, 0.1) is 22.2 Å². The van der Waals surface area contributed by atoms with Crippen molar-refractivity contribution in [1.29, 1.82) is 0 Å². The number of carbonyl (C=O) groups excluding carboxylic acids is 2. The molecule has 6 heteroatoms. The Morgan fingerprint density at radius 2 is 1.67 bits per heavy atom. The number of hydrogen-bond donors (Lipinski definition) is 1. The van der Waals surface area contributed by atoms with Gasteiger partial charge in [-0.1, -0.05) is 54.3 Å². The first-order chi connectivity index (χ1) is 13.5. The molecule has 1 N–H and O–H groups in total. The number of carboxylic acid groups (broad SMARTS) is 1. The van der Waals surface area contributed by atoms with Crippen molar-refractivity contribution in [2.45, 2.75) is 72.6 Å². The fourth-order valence-corrected chi connectivity index (χ4v) is 9.51. The molecule has 1 aliphatic carbocycles. The fraction of sp³-hybridized carbons (Fsp3) is 0.625. The number of anilines is 1. The van der Waals surface area contributed by atoms with Gasteiger partial charge < -0.3 is 5.11 Å². The molecule has 30 heavy (non-hydrogen) atoms. The molecule has 0 bridgehead atoms.